The normalized spacial score (nSPS) is 19.2. The lowest BCUT2D eigenvalue weighted by Crippen LogP contribution is -2.59. The van der Waals surface area contributed by atoms with Gasteiger partial charge in [-0.15, -0.1) is 0 Å². The van der Waals surface area contributed by atoms with Gasteiger partial charge in [0, 0.05) is 19.6 Å². The highest BCUT2D eigenvalue weighted by molar-refractivity contribution is 5.81. The third-order valence-electron chi connectivity index (χ3n) is 5.08. The Morgan fingerprint density at radius 3 is 2.27 bits per heavy atom. The van der Waals surface area contributed by atoms with Crippen LogP contribution in [-0.4, -0.2) is 63.5 Å². The lowest BCUT2D eigenvalue weighted by atomic mass is 9.99. The van der Waals surface area contributed by atoms with Crippen LogP contribution in [0.3, 0.4) is 0 Å². The zero-order chi connectivity index (χ0) is 19.7. The van der Waals surface area contributed by atoms with Gasteiger partial charge in [-0.2, -0.15) is 5.06 Å². The Hall–Kier alpha value is -1.50. The van der Waals surface area contributed by atoms with Gasteiger partial charge in [0.15, 0.2) is 6.17 Å². The summed E-state index contributed by atoms with van der Waals surface area (Å²) in [6.07, 6.45) is 5.98. The predicted octanol–water partition coefficient (Wildman–Crippen LogP) is 4.02. The topological polar surface area (TPSA) is 76.1 Å². The van der Waals surface area contributed by atoms with Crippen molar-refractivity contribution >= 4 is 12.1 Å². The number of amides is 4. The van der Waals surface area contributed by atoms with E-state index in [1.54, 1.807) is 4.90 Å². The Bertz CT molecular complexity index is 456. The Morgan fingerprint density at radius 2 is 1.69 bits per heavy atom. The maximum absolute atomic E-state index is 13.0. The van der Waals surface area contributed by atoms with Crippen LogP contribution >= 0.6 is 0 Å². The quantitative estimate of drug-likeness (QED) is 0.328. The van der Waals surface area contributed by atoms with Crippen LogP contribution in [-0.2, 0) is 0 Å². The molecular formula is C19H38N4O3. The summed E-state index contributed by atoms with van der Waals surface area (Å²) in [4.78, 5) is 28.9. The first-order chi connectivity index (χ1) is 12.3. The standard InChI is InChI=1S/C19H38N4O3/c1-6-9-12-15-22-18(25)21(14-11-8-3)16(19(22,4)5)23(26)17(24)20-13-10-7-2/h16,26H,6-15H2,1-5H3,(H,20,24). The lowest BCUT2D eigenvalue weighted by Gasteiger charge is -2.38. The number of rotatable bonds is 11. The maximum Gasteiger partial charge on any atom is 0.343 e. The van der Waals surface area contributed by atoms with Crippen LogP contribution in [0, 0.1) is 0 Å². The maximum atomic E-state index is 13.0. The molecule has 0 aliphatic carbocycles. The zero-order valence-corrected chi connectivity index (χ0v) is 17.3. The molecule has 1 unspecified atom stereocenters. The Balaban J connectivity index is 2.97. The van der Waals surface area contributed by atoms with Crippen molar-refractivity contribution in [3.63, 3.8) is 0 Å². The number of hydrogen-bond donors (Lipinski definition) is 2. The molecule has 1 saturated heterocycles. The van der Waals surface area contributed by atoms with Gasteiger partial charge in [-0.1, -0.05) is 46.5 Å². The molecule has 4 amide bonds. The predicted molar refractivity (Wildman–Crippen MR) is 103 cm³/mol. The number of hydroxylamine groups is 2. The number of nitrogens with zero attached hydrogens (tertiary/aromatic N) is 3. The fraction of sp³-hybridized carbons (Fsp3) is 0.895. The Labute approximate surface area is 158 Å². The molecule has 1 aliphatic heterocycles. The van der Waals surface area contributed by atoms with Crippen LogP contribution in [0.4, 0.5) is 9.59 Å². The molecule has 1 atom stereocenters. The van der Waals surface area contributed by atoms with Crippen molar-refractivity contribution in [3.8, 4) is 0 Å². The summed E-state index contributed by atoms with van der Waals surface area (Å²) < 4.78 is 0. The average molecular weight is 371 g/mol. The minimum atomic E-state index is -0.690. The van der Waals surface area contributed by atoms with Gasteiger partial charge < -0.3 is 10.2 Å². The number of carbonyl (C=O) groups excluding carboxylic acids is 2. The minimum Gasteiger partial charge on any atom is -0.336 e. The van der Waals surface area contributed by atoms with Crippen molar-refractivity contribution in [1.82, 2.24) is 20.2 Å². The first-order valence-electron chi connectivity index (χ1n) is 10.2. The molecule has 1 rings (SSSR count). The number of nitrogens with one attached hydrogen (secondary N) is 1. The van der Waals surface area contributed by atoms with Gasteiger partial charge in [-0.05, 0) is 33.1 Å². The first-order valence-corrected chi connectivity index (χ1v) is 10.2. The molecule has 7 heteroatoms. The molecule has 26 heavy (non-hydrogen) atoms. The molecule has 0 aromatic rings. The second kappa shape index (κ2) is 10.6. The monoisotopic (exact) mass is 370 g/mol. The molecule has 0 aromatic carbocycles. The van der Waals surface area contributed by atoms with Crippen molar-refractivity contribution in [2.45, 2.75) is 91.3 Å². The molecule has 1 heterocycles. The highest BCUT2D eigenvalue weighted by Gasteiger charge is 2.54. The van der Waals surface area contributed by atoms with E-state index in [0.717, 1.165) is 50.0 Å². The van der Waals surface area contributed by atoms with Gasteiger partial charge in [0.25, 0.3) is 0 Å². The number of urea groups is 2. The largest absolute Gasteiger partial charge is 0.343 e. The Morgan fingerprint density at radius 1 is 1.08 bits per heavy atom. The zero-order valence-electron chi connectivity index (χ0n) is 17.3. The van der Waals surface area contributed by atoms with Crippen LogP contribution in [0.2, 0.25) is 0 Å². The van der Waals surface area contributed by atoms with Gasteiger partial charge in [0.05, 0.1) is 5.54 Å². The number of unbranched alkanes of at least 4 members (excludes halogenated alkanes) is 4. The van der Waals surface area contributed by atoms with E-state index in [1.807, 2.05) is 25.7 Å². The summed E-state index contributed by atoms with van der Waals surface area (Å²) in [7, 11) is 0. The summed E-state index contributed by atoms with van der Waals surface area (Å²) in [5, 5.41) is 14.1. The van der Waals surface area contributed by atoms with Crippen molar-refractivity contribution in [3.05, 3.63) is 0 Å². The second-order valence-corrected chi connectivity index (χ2v) is 7.65. The van der Waals surface area contributed by atoms with Gasteiger partial charge in [-0.25, -0.2) is 9.59 Å². The van der Waals surface area contributed by atoms with E-state index in [9.17, 15) is 14.8 Å². The SMILES string of the molecule is CCCCCN1C(=O)N(CCCC)C(N(O)C(=O)NCCCC)C1(C)C. The first kappa shape index (κ1) is 22.5. The highest BCUT2D eigenvalue weighted by atomic mass is 16.5. The summed E-state index contributed by atoms with van der Waals surface area (Å²) >= 11 is 0. The summed E-state index contributed by atoms with van der Waals surface area (Å²) in [6, 6.07) is -0.633. The van der Waals surface area contributed by atoms with E-state index in [0.29, 0.717) is 19.6 Å². The molecule has 0 saturated carbocycles. The van der Waals surface area contributed by atoms with E-state index >= 15 is 0 Å². The van der Waals surface area contributed by atoms with Crippen molar-refractivity contribution in [2.24, 2.45) is 0 Å². The smallest absolute Gasteiger partial charge is 0.336 e. The van der Waals surface area contributed by atoms with E-state index < -0.39 is 17.7 Å². The average Bonchev–Trinajstić information content (AvgIpc) is 2.79. The van der Waals surface area contributed by atoms with E-state index in [1.165, 1.54) is 0 Å². The molecule has 1 fully saturated rings. The van der Waals surface area contributed by atoms with Crippen LogP contribution in [0.1, 0.15) is 79.6 Å². The summed E-state index contributed by atoms with van der Waals surface area (Å²) in [5.41, 5.74) is -0.657. The molecule has 2 N–H and O–H groups in total. The summed E-state index contributed by atoms with van der Waals surface area (Å²) in [6.45, 7) is 11.8. The molecule has 1 aliphatic rings. The van der Waals surface area contributed by atoms with E-state index in [2.05, 4.69) is 19.2 Å². The van der Waals surface area contributed by atoms with Crippen molar-refractivity contribution < 1.29 is 14.8 Å². The molecule has 0 aromatic heterocycles. The molecule has 7 nitrogen and oxygen atoms in total. The van der Waals surface area contributed by atoms with Crippen LogP contribution in [0.5, 0.6) is 0 Å². The molecule has 0 radical (unpaired) electrons. The second-order valence-electron chi connectivity index (χ2n) is 7.65. The van der Waals surface area contributed by atoms with Crippen LogP contribution in [0.25, 0.3) is 0 Å². The Kier molecular flexibility index (Phi) is 9.19. The molecule has 152 valence electrons. The van der Waals surface area contributed by atoms with Gasteiger partial charge in [-0.3, -0.25) is 10.1 Å². The molecule has 0 spiro atoms. The van der Waals surface area contributed by atoms with Crippen LogP contribution in [0.15, 0.2) is 0 Å². The highest BCUT2D eigenvalue weighted by Crippen LogP contribution is 2.34. The summed E-state index contributed by atoms with van der Waals surface area (Å²) in [5.74, 6) is 0. The minimum absolute atomic E-state index is 0.0926. The van der Waals surface area contributed by atoms with E-state index in [-0.39, 0.29) is 6.03 Å². The fourth-order valence-corrected chi connectivity index (χ4v) is 3.47. The third-order valence-corrected chi connectivity index (χ3v) is 5.08. The molecular weight excluding hydrogens is 332 g/mol. The molecule has 0 bridgehead atoms. The van der Waals surface area contributed by atoms with Crippen molar-refractivity contribution in [2.75, 3.05) is 19.6 Å². The lowest BCUT2D eigenvalue weighted by molar-refractivity contribution is -0.133. The van der Waals surface area contributed by atoms with Gasteiger partial charge >= 0.3 is 12.1 Å². The van der Waals surface area contributed by atoms with Crippen molar-refractivity contribution in [1.29, 1.82) is 0 Å². The van der Waals surface area contributed by atoms with Crippen LogP contribution < -0.4 is 5.32 Å². The van der Waals surface area contributed by atoms with Gasteiger partial charge in [0.1, 0.15) is 0 Å². The number of carbonyl (C=O) groups is 2. The van der Waals surface area contributed by atoms with Gasteiger partial charge in [0.2, 0.25) is 0 Å². The fourth-order valence-electron chi connectivity index (χ4n) is 3.47. The number of hydrogen-bond acceptors (Lipinski definition) is 3. The third kappa shape index (κ3) is 5.25. The van der Waals surface area contributed by atoms with E-state index in [4.69, 9.17) is 0 Å².